The lowest BCUT2D eigenvalue weighted by Crippen LogP contribution is -1.95. The Bertz CT molecular complexity index is 1140. The van der Waals surface area contributed by atoms with Gasteiger partial charge in [0.15, 0.2) is 0 Å². The molecule has 0 spiro atoms. The van der Waals surface area contributed by atoms with Crippen molar-refractivity contribution in [3.05, 3.63) is 76.3 Å². The first-order valence-electron chi connectivity index (χ1n) is 7.86. The van der Waals surface area contributed by atoms with Crippen LogP contribution in [0.1, 0.15) is 0 Å². The lowest BCUT2D eigenvalue weighted by Gasteiger charge is -2.13. The number of benzene rings is 2. The predicted molar refractivity (Wildman–Crippen MR) is 101 cm³/mol. The van der Waals surface area contributed by atoms with Crippen LogP contribution >= 0.6 is 11.6 Å². The molecule has 0 radical (unpaired) electrons. The smallest absolute Gasteiger partial charge is 0.270 e. The molecular formula is C19H13ClN4O2. The lowest BCUT2D eigenvalue weighted by atomic mass is 9.95. The second kappa shape index (κ2) is 6.24. The molecule has 0 N–H and O–H groups in total. The van der Waals surface area contributed by atoms with Crippen LogP contribution in [0, 0.1) is 10.1 Å². The highest BCUT2D eigenvalue weighted by Crippen LogP contribution is 2.41. The molecule has 0 fully saturated rings. The van der Waals surface area contributed by atoms with E-state index in [0.29, 0.717) is 27.3 Å². The summed E-state index contributed by atoms with van der Waals surface area (Å²) in [4.78, 5) is 19.7. The molecule has 2 aromatic carbocycles. The molecule has 2 heterocycles. The molecule has 4 rings (SSSR count). The molecule has 0 bridgehead atoms. The van der Waals surface area contributed by atoms with Gasteiger partial charge in [-0.25, -0.2) is 9.97 Å². The topological polar surface area (TPSA) is 73.8 Å². The van der Waals surface area contributed by atoms with Crippen molar-refractivity contribution in [2.24, 2.45) is 7.05 Å². The number of rotatable bonds is 3. The van der Waals surface area contributed by atoms with Crippen LogP contribution in [-0.2, 0) is 7.05 Å². The van der Waals surface area contributed by atoms with Crippen molar-refractivity contribution in [1.82, 2.24) is 14.5 Å². The fourth-order valence-electron chi connectivity index (χ4n) is 3.02. The average Bonchev–Trinajstić information content (AvgIpc) is 3.06. The van der Waals surface area contributed by atoms with Gasteiger partial charge in [-0.15, -0.1) is 0 Å². The van der Waals surface area contributed by atoms with Gasteiger partial charge in [-0.05, 0) is 11.6 Å². The number of nitro benzene ring substituents is 1. The van der Waals surface area contributed by atoms with Crippen LogP contribution in [0.25, 0.3) is 33.3 Å². The fourth-order valence-corrected chi connectivity index (χ4v) is 3.30. The van der Waals surface area contributed by atoms with Crippen molar-refractivity contribution in [3.8, 4) is 22.4 Å². The van der Waals surface area contributed by atoms with Crippen LogP contribution < -0.4 is 0 Å². The SMILES string of the molecule is Cn1cnc(-c2c(Cl)nc3ccc([N+](=O)[O-])cc3c2-c2ccccc2)c1. The summed E-state index contributed by atoms with van der Waals surface area (Å²) in [7, 11) is 1.87. The number of nitro groups is 1. The maximum atomic E-state index is 11.3. The van der Waals surface area contributed by atoms with E-state index in [0.717, 1.165) is 11.1 Å². The molecule has 4 aromatic rings. The molecule has 0 amide bonds. The molecule has 0 aliphatic rings. The van der Waals surface area contributed by atoms with Gasteiger partial charge >= 0.3 is 0 Å². The zero-order valence-electron chi connectivity index (χ0n) is 13.8. The van der Waals surface area contributed by atoms with Crippen LogP contribution in [0.3, 0.4) is 0 Å². The third-order valence-corrected chi connectivity index (χ3v) is 4.43. The third kappa shape index (κ3) is 2.70. The molecule has 0 aliphatic carbocycles. The second-order valence-corrected chi connectivity index (χ2v) is 6.26. The molecule has 128 valence electrons. The Kier molecular flexibility index (Phi) is 3.89. The quantitative estimate of drug-likeness (QED) is 0.295. The van der Waals surface area contributed by atoms with Crippen molar-refractivity contribution in [1.29, 1.82) is 0 Å². The molecule has 26 heavy (non-hydrogen) atoms. The van der Waals surface area contributed by atoms with Gasteiger partial charge in [0, 0.05) is 41.9 Å². The predicted octanol–water partition coefficient (Wildman–Crippen LogP) is 4.86. The minimum absolute atomic E-state index is 0.00535. The Morgan fingerprint density at radius 2 is 1.88 bits per heavy atom. The molecule has 0 unspecified atom stereocenters. The Hall–Kier alpha value is -3.25. The molecule has 0 saturated carbocycles. The van der Waals surface area contributed by atoms with E-state index < -0.39 is 4.92 Å². The fraction of sp³-hybridized carbons (Fsp3) is 0.0526. The maximum Gasteiger partial charge on any atom is 0.270 e. The highest BCUT2D eigenvalue weighted by Gasteiger charge is 2.20. The summed E-state index contributed by atoms with van der Waals surface area (Å²) in [6, 6.07) is 14.2. The van der Waals surface area contributed by atoms with E-state index in [9.17, 15) is 10.1 Å². The number of non-ortho nitro benzene ring substituents is 1. The molecule has 0 saturated heterocycles. The van der Waals surface area contributed by atoms with Crippen LogP contribution in [-0.4, -0.2) is 19.5 Å². The Balaban J connectivity index is 2.15. The number of hydrogen-bond donors (Lipinski definition) is 0. The number of aryl methyl sites for hydroxylation is 1. The van der Waals surface area contributed by atoms with Gasteiger partial charge in [-0.1, -0.05) is 41.9 Å². The van der Waals surface area contributed by atoms with Gasteiger partial charge in [0.1, 0.15) is 5.15 Å². The Morgan fingerprint density at radius 3 is 2.54 bits per heavy atom. The van der Waals surface area contributed by atoms with Crippen LogP contribution in [0.4, 0.5) is 5.69 Å². The van der Waals surface area contributed by atoms with Gasteiger partial charge in [0.2, 0.25) is 0 Å². The van der Waals surface area contributed by atoms with Gasteiger partial charge in [0.05, 0.1) is 22.5 Å². The van der Waals surface area contributed by atoms with Crippen LogP contribution in [0.15, 0.2) is 61.1 Å². The molecular weight excluding hydrogens is 352 g/mol. The highest BCUT2D eigenvalue weighted by molar-refractivity contribution is 6.34. The van der Waals surface area contributed by atoms with Gasteiger partial charge in [-0.2, -0.15) is 0 Å². The minimum Gasteiger partial charge on any atom is -0.340 e. The van der Waals surface area contributed by atoms with E-state index in [-0.39, 0.29) is 5.69 Å². The molecule has 0 aliphatic heterocycles. The van der Waals surface area contributed by atoms with E-state index in [4.69, 9.17) is 11.6 Å². The summed E-state index contributed by atoms with van der Waals surface area (Å²) in [5.41, 5.74) is 3.60. The Labute approximate surface area is 153 Å². The van der Waals surface area contributed by atoms with Crippen molar-refractivity contribution < 1.29 is 4.92 Å². The van der Waals surface area contributed by atoms with E-state index in [1.54, 1.807) is 12.4 Å². The van der Waals surface area contributed by atoms with Gasteiger partial charge in [-0.3, -0.25) is 10.1 Å². The van der Waals surface area contributed by atoms with Crippen LogP contribution in [0.2, 0.25) is 5.15 Å². The molecule has 0 atom stereocenters. The van der Waals surface area contributed by atoms with E-state index in [2.05, 4.69) is 9.97 Å². The zero-order valence-corrected chi connectivity index (χ0v) is 14.5. The lowest BCUT2D eigenvalue weighted by molar-refractivity contribution is -0.384. The molecule has 7 heteroatoms. The number of imidazole rings is 1. The van der Waals surface area contributed by atoms with Crippen molar-refractivity contribution >= 4 is 28.2 Å². The largest absolute Gasteiger partial charge is 0.340 e. The molecule has 2 aromatic heterocycles. The highest BCUT2D eigenvalue weighted by atomic mass is 35.5. The van der Waals surface area contributed by atoms with E-state index in [1.807, 2.05) is 48.1 Å². The first-order chi connectivity index (χ1) is 12.5. The summed E-state index contributed by atoms with van der Waals surface area (Å²) in [5, 5.41) is 12.2. The standard InChI is InChI=1S/C19H13ClN4O2/c1-23-10-16(21-11-23)18-17(12-5-3-2-4-6-12)14-9-13(24(25)26)7-8-15(14)22-19(18)20/h2-11H,1H3. The van der Waals surface area contributed by atoms with Crippen molar-refractivity contribution in [3.63, 3.8) is 0 Å². The maximum absolute atomic E-state index is 11.3. The van der Waals surface area contributed by atoms with E-state index in [1.165, 1.54) is 12.1 Å². The summed E-state index contributed by atoms with van der Waals surface area (Å²) < 4.78 is 1.82. The number of halogens is 1. The van der Waals surface area contributed by atoms with Gasteiger partial charge < -0.3 is 4.57 Å². The van der Waals surface area contributed by atoms with Gasteiger partial charge in [0.25, 0.3) is 5.69 Å². The summed E-state index contributed by atoms with van der Waals surface area (Å²) >= 11 is 6.51. The Morgan fingerprint density at radius 1 is 1.12 bits per heavy atom. The average molecular weight is 365 g/mol. The minimum atomic E-state index is -0.413. The second-order valence-electron chi connectivity index (χ2n) is 5.90. The third-order valence-electron chi connectivity index (χ3n) is 4.16. The monoisotopic (exact) mass is 364 g/mol. The number of fused-ring (bicyclic) bond motifs is 1. The zero-order chi connectivity index (χ0) is 18.3. The van der Waals surface area contributed by atoms with Crippen molar-refractivity contribution in [2.45, 2.75) is 0 Å². The number of pyridine rings is 1. The first-order valence-corrected chi connectivity index (χ1v) is 8.24. The number of hydrogen-bond acceptors (Lipinski definition) is 4. The number of aromatic nitrogens is 3. The van der Waals surface area contributed by atoms with Crippen molar-refractivity contribution in [2.75, 3.05) is 0 Å². The number of nitrogens with zero attached hydrogens (tertiary/aromatic N) is 4. The van der Waals surface area contributed by atoms with E-state index >= 15 is 0 Å². The van der Waals surface area contributed by atoms with Crippen LogP contribution in [0.5, 0.6) is 0 Å². The summed E-state index contributed by atoms with van der Waals surface area (Å²) in [6.45, 7) is 0. The first kappa shape index (κ1) is 16.2. The normalized spacial score (nSPS) is 11.0. The molecule has 6 nitrogen and oxygen atoms in total. The summed E-state index contributed by atoms with van der Waals surface area (Å²) in [6.07, 6.45) is 3.52. The summed E-state index contributed by atoms with van der Waals surface area (Å²) in [5.74, 6) is 0.